The first-order chi connectivity index (χ1) is 12.9. The molecule has 27 heavy (non-hydrogen) atoms. The van der Waals surface area contributed by atoms with Crippen LogP contribution in [0.1, 0.15) is 34.1 Å². The third kappa shape index (κ3) is 4.50. The Labute approximate surface area is 158 Å². The van der Waals surface area contributed by atoms with E-state index in [-0.39, 0.29) is 5.91 Å². The van der Waals surface area contributed by atoms with Crippen LogP contribution in [0.3, 0.4) is 0 Å². The molecule has 1 unspecified atom stereocenters. The van der Waals surface area contributed by atoms with E-state index < -0.39 is 12.1 Å². The summed E-state index contributed by atoms with van der Waals surface area (Å²) in [5.74, 6) is -0.864. The summed E-state index contributed by atoms with van der Waals surface area (Å²) < 4.78 is 5.41. The van der Waals surface area contributed by atoms with Crippen molar-refractivity contribution in [2.75, 3.05) is 0 Å². The Balaban J connectivity index is 1.72. The van der Waals surface area contributed by atoms with Gasteiger partial charge in [0.2, 0.25) is 0 Å². The third-order valence-corrected chi connectivity index (χ3v) is 4.27. The fraction of sp³-hybridized carbons (Fsp3) is 0.227. The summed E-state index contributed by atoms with van der Waals surface area (Å²) in [7, 11) is 0. The maximum Gasteiger partial charge on any atom is 0.339 e. The second kappa shape index (κ2) is 7.99. The molecule has 0 saturated carbocycles. The number of nitrogens with zero attached hydrogens (tertiary/aromatic N) is 1. The summed E-state index contributed by atoms with van der Waals surface area (Å²) in [4.78, 5) is 29.4. The Kier molecular flexibility index (Phi) is 5.50. The van der Waals surface area contributed by atoms with Crippen LogP contribution in [0, 0.1) is 13.8 Å². The van der Waals surface area contributed by atoms with Gasteiger partial charge >= 0.3 is 5.97 Å². The number of rotatable bonds is 5. The molecule has 3 rings (SSSR count). The van der Waals surface area contributed by atoms with Crippen LogP contribution < -0.4 is 5.32 Å². The molecule has 5 heteroatoms. The molecule has 1 atom stereocenters. The topological polar surface area (TPSA) is 68.3 Å². The number of ether oxygens (including phenoxy) is 1. The molecular formula is C22H22N2O3. The van der Waals surface area contributed by atoms with E-state index in [1.165, 1.54) is 0 Å². The highest BCUT2D eigenvalue weighted by atomic mass is 16.5. The molecule has 0 aliphatic rings. The van der Waals surface area contributed by atoms with Crippen LogP contribution in [0.15, 0.2) is 54.6 Å². The van der Waals surface area contributed by atoms with Gasteiger partial charge in [0, 0.05) is 17.6 Å². The van der Waals surface area contributed by atoms with Crippen LogP contribution in [0.2, 0.25) is 0 Å². The molecule has 0 aliphatic heterocycles. The van der Waals surface area contributed by atoms with Crippen molar-refractivity contribution in [3.63, 3.8) is 0 Å². The molecule has 1 amide bonds. The van der Waals surface area contributed by atoms with Crippen LogP contribution in [0.4, 0.5) is 0 Å². The van der Waals surface area contributed by atoms with E-state index in [4.69, 9.17) is 4.74 Å². The number of esters is 1. The monoisotopic (exact) mass is 362 g/mol. The smallest absolute Gasteiger partial charge is 0.339 e. The predicted octanol–water partition coefficient (Wildman–Crippen LogP) is 3.71. The highest BCUT2D eigenvalue weighted by molar-refractivity contribution is 6.04. The van der Waals surface area contributed by atoms with Gasteiger partial charge in [0.15, 0.2) is 6.10 Å². The van der Waals surface area contributed by atoms with Crippen molar-refractivity contribution < 1.29 is 14.3 Å². The van der Waals surface area contributed by atoms with E-state index in [0.717, 1.165) is 27.7 Å². The number of fused-ring (bicyclic) bond motifs is 1. The fourth-order valence-corrected chi connectivity index (χ4v) is 2.85. The van der Waals surface area contributed by atoms with E-state index in [9.17, 15) is 9.59 Å². The van der Waals surface area contributed by atoms with E-state index in [1.54, 1.807) is 13.0 Å². The Bertz CT molecular complexity index is 984. The van der Waals surface area contributed by atoms with Crippen LogP contribution in [0.25, 0.3) is 10.9 Å². The molecule has 0 fully saturated rings. The summed E-state index contributed by atoms with van der Waals surface area (Å²) in [6.45, 7) is 5.73. The molecule has 1 heterocycles. The van der Waals surface area contributed by atoms with Crippen molar-refractivity contribution in [2.24, 2.45) is 0 Å². The van der Waals surface area contributed by atoms with Gasteiger partial charge in [-0.15, -0.1) is 0 Å². The zero-order chi connectivity index (χ0) is 19.4. The largest absolute Gasteiger partial charge is 0.449 e. The third-order valence-electron chi connectivity index (χ3n) is 4.27. The zero-order valence-corrected chi connectivity index (χ0v) is 15.7. The van der Waals surface area contributed by atoms with Gasteiger partial charge in [-0.05, 0) is 44.5 Å². The quantitative estimate of drug-likeness (QED) is 0.703. The van der Waals surface area contributed by atoms with Gasteiger partial charge < -0.3 is 10.1 Å². The SMILES string of the molecule is Cc1ccc2nc(C)cc(C(=O)OC(C)C(=O)NCc3ccccc3)c2c1. The molecule has 0 bridgehead atoms. The van der Waals surface area contributed by atoms with Crippen LogP contribution in [-0.2, 0) is 16.1 Å². The first-order valence-corrected chi connectivity index (χ1v) is 8.84. The highest BCUT2D eigenvalue weighted by Gasteiger charge is 2.21. The van der Waals surface area contributed by atoms with Gasteiger partial charge in [0.05, 0.1) is 11.1 Å². The van der Waals surface area contributed by atoms with Gasteiger partial charge in [0.25, 0.3) is 5.91 Å². The number of aryl methyl sites for hydroxylation is 2. The zero-order valence-electron chi connectivity index (χ0n) is 15.7. The first kappa shape index (κ1) is 18.6. The van der Waals surface area contributed by atoms with Gasteiger partial charge in [-0.2, -0.15) is 0 Å². The molecule has 5 nitrogen and oxygen atoms in total. The van der Waals surface area contributed by atoms with Gasteiger partial charge in [-0.25, -0.2) is 4.79 Å². The first-order valence-electron chi connectivity index (χ1n) is 8.84. The summed E-state index contributed by atoms with van der Waals surface area (Å²) >= 11 is 0. The van der Waals surface area contributed by atoms with Crippen LogP contribution >= 0.6 is 0 Å². The van der Waals surface area contributed by atoms with E-state index >= 15 is 0 Å². The molecule has 1 N–H and O–H groups in total. The lowest BCUT2D eigenvalue weighted by Crippen LogP contribution is -2.35. The van der Waals surface area contributed by atoms with E-state index in [0.29, 0.717) is 12.1 Å². The Morgan fingerprint density at radius 2 is 1.81 bits per heavy atom. The minimum atomic E-state index is -0.894. The van der Waals surface area contributed by atoms with E-state index in [1.807, 2.05) is 62.4 Å². The second-order valence-corrected chi connectivity index (χ2v) is 6.58. The summed E-state index contributed by atoms with van der Waals surface area (Å²) in [6, 6.07) is 17.0. The van der Waals surface area contributed by atoms with Gasteiger partial charge in [-0.3, -0.25) is 9.78 Å². The second-order valence-electron chi connectivity index (χ2n) is 6.58. The van der Waals surface area contributed by atoms with Gasteiger partial charge in [-0.1, -0.05) is 42.0 Å². The van der Waals surface area contributed by atoms with Crippen LogP contribution in [-0.4, -0.2) is 23.0 Å². The standard InChI is InChI=1S/C22H22N2O3/c1-14-9-10-20-18(11-14)19(12-15(2)24-20)22(26)27-16(3)21(25)23-13-17-7-5-4-6-8-17/h4-12,16H,13H2,1-3H3,(H,23,25). The molecule has 3 aromatic rings. The maximum atomic E-state index is 12.7. The average molecular weight is 362 g/mol. The number of aromatic nitrogens is 1. The Morgan fingerprint density at radius 1 is 1.07 bits per heavy atom. The van der Waals surface area contributed by atoms with Crippen molar-refractivity contribution >= 4 is 22.8 Å². The fourth-order valence-electron chi connectivity index (χ4n) is 2.85. The molecular weight excluding hydrogens is 340 g/mol. The number of carbonyl (C=O) groups excluding carboxylic acids is 2. The number of hydrogen-bond donors (Lipinski definition) is 1. The Morgan fingerprint density at radius 3 is 2.56 bits per heavy atom. The minimum absolute atomic E-state index is 0.335. The minimum Gasteiger partial charge on any atom is -0.449 e. The summed E-state index contributed by atoms with van der Waals surface area (Å²) in [5, 5.41) is 3.51. The van der Waals surface area contributed by atoms with Crippen molar-refractivity contribution in [3.05, 3.63) is 77.0 Å². The van der Waals surface area contributed by atoms with Crippen LogP contribution in [0.5, 0.6) is 0 Å². The number of carbonyl (C=O) groups is 2. The van der Waals surface area contributed by atoms with Crippen molar-refractivity contribution in [1.82, 2.24) is 10.3 Å². The summed E-state index contributed by atoms with van der Waals surface area (Å²) in [5.41, 5.74) is 3.88. The molecule has 0 radical (unpaired) electrons. The molecule has 138 valence electrons. The van der Waals surface area contributed by atoms with E-state index in [2.05, 4.69) is 10.3 Å². The molecule has 0 spiro atoms. The number of pyridine rings is 1. The van der Waals surface area contributed by atoms with Crippen molar-refractivity contribution in [3.8, 4) is 0 Å². The van der Waals surface area contributed by atoms with Crippen molar-refractivity contribution in [2.45, 2.75) is 33.4 Å². The molecule has 0 saturated heterocycles. The number of nitrogens with one attached hydrogen (secondary N) is 1. The van der Waals surface area contributed by atoms with Gasteiger partial charge in [0.1, 0.15) is 0 Å². The number of hydrogen-bond acceptors (Lipinski definition) is 4. The Hall–Kier alpha value is -3.21. The normalized spacial score (nSPS) is 11.8. The summed E-state index contributed by atoms with van der Waals surface area (Å²) in [6.07, 6.45) is -0.894. The lowest BCUT2D eigenvalue weighted by atomic mass is 10.1. The molecule has 2 aromatic carbocycles. The number of benzene rings is 2. The lowest BCUT2D eigenvalue weighted by molar-refractivity contribution is -0.129. The van der Waals surface area contributed by atoms with Crippen molar-refractivity contribution in [1.29, 1.82) is 0 Å². The maximum absolute atomic E-state index is 12.7. The average Bonchev–Trinajstić information content (AvgIpc) is 2.66. The molecule has 1 aromatic heterocycles. The highest BCUT2D eigenvalue weighted by Crippen LogP contribution is 2.21. The number of amides is 1. The predicted molar refractivity (Wildman–Crippen MR) is 104 cm³/mol. The molecule has 0 aliphatic carbocycles. The lowest BCUT2D eigenvalue weighted by Gasteiger charge is -2.15.